The minimum absolute atomic E-state index is 0.201. The molecule has 1 amide bonds. The summed E-state index contributed by atoms with van der Waals surface area (Å²) in [4.78, 5) is 13.4. The van der Waals surface area contributed by atoms with Crippen LogP contribution in [0.1, 0.15) is 24.5 Å². The lowest BCUT2D eigenvalue weighted by Crippen LogP contribution is -2.32. The van der Waals surface area contributed by atoms with Crippen molar-refractivity contribution in [1.82, 2.24) is 4.90 Å². The molecule has 4 nitrogen and oxygen atoms in total. The van der Waals surface area contributed by atoms with Crippen molar-refractivity contribution in [2.24, 2.45) is 0 Å². The van der Waals surface area contributed by atoms with Gasteiger partial charge < -0.3 is 15.0 Å². The number of rotatable bonds is 3. The van der Waals surface area contributed by atoms with Gasteiger partial charge in [-0.2, -0.15) is 0 Å². The summed E-state index contributed by atoms with van der Waals surface area (Å²) in [5.41, 5.74) is 3.72. The van der Waals surface area contributed by atoms with Crippen molar-refractivity contribution in [3.8, 4) is 0 Å². The molecule has 1 saturated heterocycles. The maximum atomic E-state index is 11.6. The second kappa shape index (κ2) is 5.95. The van der Waals surface area contributed by atoms with Crippen LogP contribution in [0.15, 0.2) is 18.2 Å². The van der Waals surface area contributed by atoms with Crippen LogP contribution in [0, 0.1) is 13.8 Å². The first-order valence-electron chi connectivity index (χ1n) is 6.86. The number of carbonyl (C=O) groups is 1. The number of aryl methyl sites for hydroxylation is 1. The quantitative estimate of drug-likeness (QED) is 0.910. The van der Waals surface area contributed by atoms with Crippen molar-refractivity contribution in [3.63, 3.8) is 0 Å². The monoisotopic (exact) mass is 262 g/mol. The summed E-state index contributed by atoms with van der Waals surface area (Å²) in [6.07, 6.45) is 0.763. The fraction of sp³-hybridized carbons (Fsp3) is 0.533. The Morgan fingerprint density at radius 1 is 1.47 bits per heavy atom. The Morgan fingerprint density at radius 3 is 3.00 bits per heavy atom. The summed E-state index contributed by atoms with van der Waals surface area (Å²) < 4.78 is 5.03. The van der Waals surface area contributed by atoms with E-state index in [1.54, 1.807) is 4.90 Å². The van der Waals surface area contributed by atoms with Gasteiger partial charge in [-0.1, -0.05) is 12.1 Å². The summed E-state index contributed by atoms with van der Waals surface area (Å²) in [5.74, 6) is 0. The Kier molecular flexibility index (Phi) is 4.30. The lowest BCUT2D eigenvalue weighted by Gasteiger charge is -2.18. The molecule has 0 spiro atoms. The molecular formula is C15H22N2O2. The molecule has 1 fully saturated rings. The Hall–Kier alpha value is -1.71. The van der Waals surface area contributed by atoms with Crippen LogP contribution in [-0.2, 0) is 4.74 Å². The average Bonchev–Trinajstić information content (AvgIpc) is 2.84. The highest BCUT2D eigenvalue weighted by Gasteiger charge is 2.27. The summed E-state index contributed by atoms with van der Waals surface area (Å²) in [6, 6.07) is 6.57. The van der Waals surface area contributed by atoms with Gasteiger partial charge in [0.05, 0.1) is 6.61 Å². The van der Waals surface area contributed by atoms with Crippen LogP contribution in [-0.4, -0.2) is 36.7 Å². The third kappa shape index (κ3) is 3.19. The Labute approximate surface area is 114 Å². The molecule has 1 aromatic carbocycles. The topological polar surface area (TPSA) is 41.6 Å². The fourth-order valence-corrected chi connectivity index (χ4v) is 2.39. The molecule has 0 aromatic heterocycles. The second-order valence-electron chi connectivity index (χ2n) is 5.02. The van der Waals surface area contributed by atoms with E-state index < -0.39 is 0 Å². The lowest BCUT2D eigenvalue weighted by molar-refractivity contribution is 0.115. The van der Waals surface area contributed by atoms with Crippen molar-refractivity contribution < 1.29 is 9.53 Å². The lowest BCUT2D eigenvalue weighted by atomic mass is 10.1. The number of likely N-dealkylation sites (tertiary alicyclic amines) is 1. The molecule has 0 bridgehead atoms. The highest BCUT2D eigenvalue weighted by molar-refractivity contribution is 5.68. The molecule has 1 heterocycles. The summed E-state index contributed by atoms with van der Waals surface area (Å²) in [6.45, 7) is 7.98. The first-order valence-corrected chi connectivity index (χ1v) is 6.86. The molecule has 19 heavy (non-hydrogen) atoms. The van der Waals surface area contributed by atoms with Crippen LogP contribution in [0.5, 0.6) is 0 Å². The number of amides is 1. The van der Waals surface area contributed by atoms with Gasteiger partial charge in [0.25, 0.3) is 0 Å². The third-order valence-corrected chi connectivity index (χ3v) is 3.68. The minimum atomic E-state index is -0.201. The number of benzene rings is 1. The third-order valence-electron chi connectivity index (χ3n) is 3.68. The average molecular weight is 262 g/mol. The molecule has 1 N–H and O–H groups in total. The van der Waals surface area contributed by atoms with E-state index in [1.165, 1.54) is 11.1 Å². The maximum absolute atomic E-state index is 11.6. The van der Waals surface area contributed by atoms with Crippen LogP contribution in [0.2, 0.25) is 0 Å². The van der Waals surface area contributed by atoms with Crippen LogP contribution in [0.4, 0.5) is 10.5 Å². The minimum Gasteiger partial charge on any atom is -0.450 e. The first kappa shape index (κ1) is 13.7. The first-order chi connectivity index (χ1) is 9.11. The van der Waals surface area contributed by atoms with E-state index in [0.29, 0.717) is 19.2 Å². The molecule has 1 aromatic rings. The number of carbonyl (C=O) groups excluding carboxylic acids is 1. The Balaban J connectivity index is 1.95. The van der Waals surface area contributed by atoms with Gasteiger partial charge in [-0.15, -0.1) is 0 Å². The van der Waals surface area contributed by atoms with E-state index in [2.05, 4.69) is 37.4 Å². The number of ether oxygens (including phenoxy) is 1. The Morgan fingerprint density at radius 2 is 2.26 bits per heavy atom. The summed E-state index contributed by atoms with van der Waals surface area (Å²) in [7, 11) is 0. The zero-order valence-corrected chi connectivity index (χ0v) is 11.9. The maximum Gasteiger partial charge on any atom is 0.409 e. The molecule has 1 atom stereocenters. The molecule has 2 rings (SSSR count). The fourth-order valence-electron chi connectivity index (χ4n) is 2.39. The van der Waals surface area contributed by atoms with Gasteiger partial charge in [0, 0.05) is 24.8 Å². The highest BCUT2D eigenvalue weighted by Crippen LogP contribution is 2.22. The zero-order valence-electron chi connectivity index (χ0n) is 11.9. The van der Waals surface area contributed by atoms with Crippen LogP contribution < -0.4 is 5.32 Å². The van der Waals surface area contributed by atoms with E-state index in [9.17, 15) is 4.79 Å². The van der Waals surface area contributed by atoms with Crippen LogP contribution in [0.25, 0.3) is 0 Å². The number of nitrogens with one attached hydrogen (secondary N) is 1. The van der Waals surface area contributed by atoms with Gasteiger partial charge in [-0.05, 0) is 44.4 Å². The van der Waals surface area contributed by atoms with Crippen molar-refractivity contribution in [2.75, 3.05) is 25.0 Å². The summed E-state index contributed by atoms with van der Waals surface area (Å²) >= 11 is 0. The van der Waals surface area contributed by atoms with Gasteiger partial charge in [0.15, 0.2) is 0 Å². The molecule has 0 aliphatic carbocycles. The van der Waals surface area contributed by atoms with Crippen molar-refractivity contribution in [1.29, 1.82) is 0 Å². The molecule has 1 aliphatic heterocycles. The Bertz CT molecular complexity index is 459. The van der Waals surface area contributed by atoms with E-state index in [0.717, 1.165) is 18.7 Å². The number of anilines is 1. The molecule has 0 radical (unpaired) electrons. The molecule has 4 heteroatoms. The van der Waals surface area contributed by atoms with Gasteiger partial charge in [-0.25, -0.2) is 4.79 Å². The molecule has 104 valence electrons. The van der Waals surface area contributed by atoms with Crippen LogP contribution in [0.3, 0.4) is 0 Å². The standard InChI is InChI=1S/C15H22N2O2/c1-4-19-15(18)17-9-8-13(10-17)16-14-7-5-6-11(2)12(14)3/h5-7,13,16H,4,8-10H2,1-3H3. The van der Waals surface area contributed by atoms with Crippen molar-refractivity contribution in [2.45, 2.75) is 33.2 Å². The number of hydrogen-bond donors (Lipinski definition) is 1. The zero-order chi connectivity index (χ0) is 13.8. The van der Waals surface area contributed by atoms with Crippen LogP contribution >= 0.6 is 0 Å². The van der Waals surface area contributed by atoms with E-state index in [-0.39, 0.29) is 6.09 Å². The predicted octanol–water partition coefficient (Wildman–Crippen LogP) is 2.95. The van der Waals surface area contributed by atoms with E-state index in [1.807, 2.05) is 6.92 Å². The van der Waals surface area contributed by atoms with Crippen molar-refractivity contribution in [3.05, 3.63) is 29.3 Å². The van der Waals surface area contributed by atoms with Gasteiger partial charge >= 0.3 is 6.09 Å². The number of hydrogen-bond acceptors (Lipinski definition) is 3. The normalized spacial score (nSPS) is 18.5. The SMILES string of the molecule is CCOC(=O)N1CCC(Nc2cccc(C)c2C)C1. The van der Waals surface area contributed by atoms with Gasteiger partial charge in [-0.3, -0.25) is 0 Å². The molecule has 1 unspecified atom stereocenters. The van der Waals surface area contributed by atoms with Gasteiger partial charge in [0.2, 0.25) is 0 Å². The van der Waals surface area contributed by atoms with Crippen molar-refractivity contribution >= 4 is 11.8 Å². The highest BCUT2D eigenvalue weighted by atomic mass is 16.6. The van der Waals surface area contributed by atoms with E-state index in [4.69, 9.17) is 4.74 Å². The molecule has 0 saturated carbocycles. The number of nitrogens with zero attached hydrogens (tertiary/aromatic N) is 1. The molecule has 1 aliphatic rings. The second-order valence-corrected chi connectivity index (χ2v) is 5.02. The van der Waals surface area contributed by atoms with Gasteiger partial charge in [0.1, 0.15) is 0 Å². The predicted molar refractivity (Wildman–Crippen MR) is 76.5 cm³/mol. The van der Waals surface area contributed by atoms with E-state index >= 15 is 0 Å². The smallest absolute Gasteiger partial charge is 0.409 e. The summed E-state index contributed by atoms with van der Waals surface area (Å²) in [5, 5.41) is 3.53. The molecular weight excluding hydrogens is 240 g/mol. The largest absolute Gasteiger partial charge is 0.450 e.